The van der Waals surface area contributed by atoms with Gasteiger partial charge in [-0.3, -0.25) is 29.9 Å². The van der Waals surface area contributed by atoms with Crippen LogP contribution < -0.4 is 9.68 Å². The van der Waals surface area contributed by atoms with Gasteiger partial charge < -0.3 is 29.9 Å². The third-order valence-corrected chi connectivity index (χ3v) is 6.68. The van der Waals surface area contributed by atoms with Crippen molar-refractivity contribution in [2.24, 2.45) is 10.6 Å². The van der Waals surface area contributed by atoms with Gasteiger partial charge in [0.1, 0.15) is 6.07 Å². The van der Waals surface area contributed by atoms with Crippen LogP contribution in [0.2, 0.25) is 0 Å². The van der Waals surface area contributed by atoms with Gasteiger partial charge in [0, 0.05) is 45.3 Å². The number of nitro benzene ring substituents is 2. The van der Waals surface area contributed by atoms with Crippen LogP contribution in [0, 0.1) is 30.6 Å². The summed E-state index contributed by atoms with van der Waals surface area (Å²) in [6, 6.07) is 1.04. The molecule has 22 nitrogen and oxygen atoms in total. The minimum atomic E-state index is -0.995. The highest BCUT2D eigenvalue weighted by molar-refractivity contribution is 5.74. The van der Waals surface area contributed by atoms with Crippen molar-refractivity contribution in [2.75, 3.05) is 72.1 Å². The summed E-state index contributed by atoms with van der Waals surface area (Å²) in [7, 11) is 0. The van der Waals surface area contributed by atoms with Crippen LogP contribution in [0.25, 0.3) is 0 Å². The molecule has 0 radical (unpaired) electrons. The number of hydrazine groups is 2. The fourth-order valence-corrected chi connectivity index (χ4v) is 4.25. The van der Waals surface area contributed by atoms with Crippen LogP contribution in [0.3, 0.4) is 0 Å². The summed E-state index contributed by atoms with van der Waals surface area (Å²) in [5.74, 6) is -1.42. The molecule has 0 aliphatic carbocycles. The van der Waals surface area contributed by atoms with E-state index in [4.69, 9.17) is 14.4 Å². The van der Waals surface area contributed by atoms with E-state index in [9.17, 15) is 40.2 Å². The van der Waals surface area contributed by atoms with Crippen LogP contribution in [0.5, 0.6) is 11.5 Å². The summed E-state index contributed by atoms with van der Waals surface area (Å²) >= 11 is 0. The van der Waals surface area contributed by atoms with E-state index in [0.717, 1.165) is 5.01 Å². The number of hydrogen-bond donors (Lipinski definition) is 0. The monoisotopic (exact) mass is 627 g/mol. The molecule has 2 fully saturated rings. The van der Waals surface area contributed by atoms with E-state index < -0.39 is 38.8 Å². The molecule has 0 saturated carbocycles. The highest BCUT2D eigenvalue weighted by atomic mass is 16.7. The lowest BCUT2D eigenvalue weighted by molar-refractivity contribution is -0.708. The Kier molecular flexibility index (Phi) is 11.4. The number of amides is 3. The van der Waals surface area contributed by atoms with Gasteiger partial charge in [-0.25, -0.2) is 9.59 Å². The zero-order valence-corrected chi connectivity index (χ0v) is 24.3. The summed E-state index contributed by atoms with van der Waals surface area (Å²) < 4.78 is 4.91. The minimum absolute atomic E-state index is 0.0164. The lowest BCUT2D eigenvalue weighted by Crippen LogP contribution is -2.54. The molecule has 3 amide bonds. The van der Waals surface area contributed by atoms with Crippen molar-refractivity contribution in [3.05, 3.63) is 42.8 Å². The second kappa shape index (κ2) is 15.2. The summed E-state index contributed by atoms with van der Waals surface area (Å²) in [5.41, 5.74) is -1.83. The predicted molar refractivity (Wildman–Crippen MR) is 145 cm³/mol. The van der Waals surface area contributed by atoms with Gasteiger partial charge in [-0.2, -0.15) is 0 Å². The van der Waals surface area contributed by atoms with E-state index in [1.807, 2.05) is 13.8 Å². The molecule has 0 bridgehead atoms. The predicted octanol–water partition coefficient (Wildman–Crippen LogP) is 1.70. The van der Waals surface area contributed by atoms with E-state index >= 15 is 0 Å². The van der Waals surface area contributed by atoms with E-state index in [1.54, 1.807) is 16.7 Å². The third-order valence-electron chi connectivity index (χ3n) is 6.68. The molecule has 2 aliphatic heterocycles. The van der Waals surface area contributed by atoms with Crippen LogP contribution in [-0.4, -0.2) is 129 Å². The highest BCUT2D eigenvalue weighted by Crippen LogP contribution is 2.39. The van der Waals surface area contributed by atoms with Gasteiger partial charge in [0.15, 0.2) is 0 Å². The molecule has 44 heavy (non-hydrogen) atoms. The van der Waals surface area contributed by atoms with Crippen LogP contribution >= 0.6 is 0 Å². The number of carbonyl (C=O) groups is 2. The van der Waals surface area contributed by atoms with E-state index in [1.165, 1.54) is 9.91 Å². The number of nitrogens with zero attached hydrogens (tertiary/aromatic N) is 11. The second-order valence-electron chi connectivity index (χ2n) is 9.19. The molecule has 2 heterocycles. The van der Waals surface area contributed by atoms with E-state index in [0.29, 0.717) is 25.2 Å². The molecule has 0 atom stereocenters. The molecular weight excluding hydrogens is 594 g/mol. The molecule has 242 valence electrons. The summed E-state index contributed by atoms with van der Waals surface area (Å²) in [4.78, 5) is 60.1. The van der Waals surface area contributed by atoms with Gasteiger partial charge in [-0.05, 0) is 20.8 Å². The number of piperazine rings is 2. The van der Waals surface area contributed by atoms with Gasteiger partial charge in [-0.1, -0.05) is 0 Å². The molecular formula is C22H33N11O11. The fraction of sp³-hybridized carbons (Fsp3) is 0.636. The smallest absolute Gasteiger partial charge is 0.409 e. The summed E-state index contributed by atoms with van der Waals surface area (Å²) in [5, 5.41) is 57.1. The number of rotatable bonds is 11. The van der Waals surface area contributed by atoms with Crippen LogP contribution in [-0.2, 0) is 4.74 Å². The maximum absolute atomic E-state index is 12.6. The lowest BCUT2D eigenvalue weighted by Gasteiger charge is -2.34. The molecule has 0 unspecified atom stereocenters. The molecule has 22 heteroatoms. The van der Waals surface area contributed by atoms with Gasteiger partial charge in [0.05, 0.1) is 52.6 Å². The van der Waals surface area contributed by atoms with Crippen LogP contribution in [0.4, 0.5) is 21.0 Å². The van der Waals surface area contributed by atoms with Crippen molar-refractivity contribution >= 4 is 23.5 Å². The average Bonchev–Trinajstić information content (AvgIpc) is 3.02. The first kappa shape index (κ1) is 33.1. The number of hydrogen-bond acceptors (Lipinski definition) is 13. The second-order valence-corrected chi connectivity index (χ2v) is 9.19. The van der Waals surface area contributed by atoms with Crippen LogP contribution in [0.1, 0.15) is 20.8 Å². The van der Waals surface area contributed by atoms with E-state index in [-0.39, 0.29) is 74.9 Å². The molecule has 2 aliphatic rings. The molecule has 0 N–H and O–H groups in total. The van der Waals surface area contributed by atoms with E-state index in [2.05, 4.69) is 10.6 Å². The first-order valence-electron chi connectivity index (χ1n) is 13.6. The van der Waals surface area contributed by atoms with Gasteiger partial charge in [0.2, 0.25) is 22.1 Å². The maximum Gasteiger partial charge on any atom is 0.409 e. The van der Waals surface area contributed by atoms with Gasteiger partial charge in [0.25, 0.3) is 0 Å². The number of benzene rings is 1. The standard InChI is InChI=1S/C22H33N11O11/c1-4-25(5-2)21(34)26-7-11-28(12-8-26)32(40)23-43-19-16-20(18(31(38)39)15-17(19)30(36)37)44-24-33(41)29-13-9-27(10-14-29)22(35)42-6-3/h15-16H,4-14H2,1-3H3/b32-23-,33-24-. The molecule has 0 spiro atoms. The number of urea groups is 1. The molecule has 2 saturated heterocycles. The largest absolute Gasteiger partial charge is 0.569 e. The Balaban J connectivity index is 1.72. The number of ether oxygens (including phenoxy) is 1. The average molecular weight is 628 g/mol. The van der Waals surface area contributed by atoms with Crippen LogP contribution in [0.15, 0.2) is 22.7 Å². The quantitative estimate of drug-likeness (QED) is 0.147. The SMILES string of the molecule is CCOC(=O)N1CCN(/[N+]([O-])=N/Oc2cc(O/N=[N+](\[O-])N3CCN(C(=O)N(CC)CC)CC3)c([N+](=O)[O-])cc2[N+](=O)[O-])CC1. The Morgan fingerprint density at radius 2 is 1.18 bits per heavy atom. The zero-order valence-electron chi connectivity index (χ0n) is 24.3. The third kappa shape index (κ3) is 8.10. The summed E-state index contributed by atoms with van der Waals surface area (Å²) in [6.07, 6.45) is -0.540. The Morgan fingerprint density at radius 1 is 0.750 bits per heavy atom. The molecule has 1 aromatic rings. The Bertz CT molecular complexity index is 1270. The van der Waals surface area contributed by atoms with Crippen molar-refractivity contribution in [2.45, 2.75) is 20.8 Å². The number of carbonyl (C=O) groups excluding carboxylic acids is 2. The Labute approximate surface area is 250 Å². The first-order valence-corrected chi connectivity index (χ1v) is 13.6. The van der Waals surface area contributed by atoms with Crippen molar-refractivity contribution in [3.8, 4) is 11.5 Å². The van der Waals surface area contributed by atoms with Crippen molar-refractivity contribution in [3.63, 3.8) is 0 Å². The fourth-order valence-electron chi connectivity index (χ4n) is 4.25. The Hall–Kier alpha value is -5.44. The van der Waals surface area contributed by atoms with Gasteiger partial charge in [-0.15, -0.1) is 10.0 Å². The van der Waals surface area contributed by atoms with Crippen molar-refractivity contribution in [1.29, 1.82) is 0 Å². The van der Waals surface area contributed by atoms with Gasteiger partial charge >= 0.3 is 23.5 Å². The number of nitro groups is 2. The molecule has 1 aromatic carbocycles. The normalized spacial score (nSPS) is 16.0. The van der Waals surface area contributed by atoms with Crippen molar-refractivity contribution < 1.29 is 43.8 Å². The maximum atomic E-state index is 12.6. The Morgan fingerprint density at radius 3 is 1.57 bits per heavy atom. The topological polar surface area (TPSA) is 241 Å². The zero-order chi connectivity index (χ0) is 32.4. The van der Waals surface area contributed by atoms with Crippen molar-refractivity contribution in [1.82, 2.24) is 24.7 Å². The highest BCUT2D eigenvalue weighted by Gasteiger charge is 2.32. The minimum Gasteiger partial charge on any atom is -0.569 e. The molecule has 3 rings (SSSR count). The lowest BCUT2D eigenvalue weighted by atomic mass is 10.2. The molecule has 0 aromatic heterocycles. The summed E-state index contributed by atoms with van der Waals surface area (Å²) in [6.45, 7) is 7.56. The first-order chi connectivity index (χ1) is 21.0.